The number of rotatable bonds is 11. The molecule has 3 aromatic rings. The zero-order valence-corrected chi connectivity index (χ0v) is 54.2. The number of allylic oxidation sites excluding steroid dienone is 12. The number of sulfone groups is 2. The molecular formula is C70H94N2O8S4. The molecule has 0 aliphatic heterocycles. The van der Waals surface area contributed by atoms with Crippen LogP contribution in [0.4, 0.5) is 0 Å². The van der Waals surface area contributed by atoms with Gasteiger partial charge in [0.1, 0.15) is 0 Å². The van der Waals surface area contributed by atoms with E-state index >= 15 is 0 Å². The van der Waals surface area contributed by atoms with Gasteiger partial charge in [0.2, 0.25) is 20.0 Å². The van der Waals surface area contributed by atoms with Crippen molar-refractivity contribution < 1.29 is 33.7 Å². The van der Waals surface area contributed by atoms with E-state index in [9.17, 15) is 33.7 Å². The molecule has 6 fully saturated rings. The monoisotopic (exact) mass is 1220 g/mol. The largest absolute Gasteiger partial charge is 0.242 e. The standard InChI is InChI=1S/C16H21NO2S.C14H16O2S.C14H16.C10H17NO2S.C8H12O2S.C8H12/c1-3-17(2)20(18,19)15-8-6-13(7-9-15)16-11-12-4-5-14(16)10-12;1-17(15,16)13-6-4-11(5-7-13)14-9-10-2-3-12(14)8-10;1-10-2-5-12(6-3-10)14-9-11-4-7-13(14)8-11;1-3-11(2)14(12,13)10-7-8-4-5-9(10)6-8;1-11(9,10)8-5-6-2-3-7(8)4-6;1-6-4-7-2-3-8(6)5-7/h4-9,12,14,16H,3,10-11H2,1-2H3;2-7,10,12,14H,8-9H2,1H3;2-7,11,13-14H,8-9H2,1H3;4-5,8-10H,3,6-7H2,1-2H3;2-3,6-8H,4-5H2,1H3;2-3,6-8H,4-5H2,1H3. The lowest BCUT2D eigenvalue weighted by atomic mass is 9.87. The SMILES string of the molecule is CC1CC2C=CC1C2.CCN(C)S(=O)(=O)C1CC2C=CC1C2.CCN(C)S(=O)(=O)c1ccc(C2CC3C=CC2C3)cc1.CS(=O)(=O)C1CC2C=CC1C2.CS(=O)(=O)c1ccc(C2CC3C=CC2C3)cc1.Cc1ccc(C2CC3C=CC2C3)cc1. The van der Waals surface area contributed by atoms with Crippen molar-refractivity contribution in [3.8, 4) is 0 Å². The van der Waals surface area contributed by atoms with Gasteiger partial charge in [0.25, 0.3) is 0 Å². The van der Waals surface area contributed by atoms with Crippen molar-refractivity contribution in [3.63, 3.8) is 0 Å². The number of aryl methyl sites for hydroxylation is 1. The molecule has 3 aromatic carbocycles. The maximum Gasteiger partial charge on any atom is 0.242 e. The number of sulfonamides is 2. The summed E-state index contributed by atoms with van der Waals surface area (Å²) in [4.78, 5) is 0.809. The Kier molecular flexibility index (Phi) is 19.4. The van der Waals surface area contributed by atoms with Crippen molar-refractivity contribution in [2.75, 3.05) is 39.7 Å². The van der Waals surface area contributed by atoms with Gasteiger partial charge in [0.15, 0.2) is 19.7 Å². The van der Waals surface area contributed by atoms with E-state index in [1.165, 1.54) is 89.2 Å². The zero-order chi connectivity index (χ0) is 59.9. The lowest BCUT2D eigenvalue weighted by Gasteiger charge is -2.24. The molecule has 6 saturated carbocycles. The van der Waals surface area contributed by atoms with E-state index in [0.29, 0.717) is 64.3 Å². The smallest absolute Gasteiger partial charge is 0.229 e. The zero-order valence-electron chi connectivity index (χ0n) is 50.9. The van der Waals surface area contributed by atoms with E-state index in [2.05, 4.69) is 111 Å². The molecule has 10 nitrogen and oxygen atoms in total. The topological polar surface area (TPSA) is 143 Å². The molecule has 12 aliphatic rings. The summed E-state index contributed by atoms with van der Waals surface area (Å²) in [5, 5.41) is -0.222. The molecule has 15 rings (SSSR count). The van der Waals surface area contributed by atoms with Crippen LogP contribution in [0.15, 0.2) is 155 Å². The molecule has 14 heteroatoms. The fraction of sp³-hybridized carbons (Fsp3) is 0.571. The lowest BCUT2D eigenvalue weighted by Crippen LogP contribution is -2.38. The summed E-state index contributed by atoms with van der Waals surface area (Å²) in [5.74, 6) is 11.1. The molecule has 0 aromatic heterocycles. The Balaban J connectivity index is 0.000000114. The summed E-state index contributed by atoms with van der Waals surface area (Å²) >= 11 is 0. The van der Waals surface area contributed by atoms with Gasteiger partial charge in [-0.3, -0.25) is 0 Å². The minimum Gasteiger partial charge on any atom is -0.229 e. The van der Waals surface area contributed by atoms with Gasteiger partial charge < -0.3 is 0 Å². The van der Waals surface area contributed by atoms with E-state index in [1.54, 1.807) is 43.9 Å². The third kappa shape index (κ3) is 14.2. The van der Waals surface area contributed by atoms with Crippen molar-refractivity contribution in [3.05, 3.63) is 168 Å². The van der Waals surface area contributed by atoms with Gasteiger partial charge in [0, 0.05) is 39.7 Å². The van der Waals surface area contributed by atoms with Gasteiger partial charge in [-0.25, -0.2) is 42.3 Å². The van der Waals surface area contributed by atoms with E-state index < -0.39 is 39.7 Å². The molecule has 12 aliphatic carbocycles. The van der Waals surface area contributed by atoms with Crippen LogP contribution in [0.3, 0.4) is 0 Å². The van der Waals surface area contributed by atoms with E-state index in [4.69, 9.17) is 0 Å². The summed E-state index contributed by atoms with van der Waals surface area (Å²) in [7, 11) is -8.92. The third-order valence-electron chi connectivity index (χ3n) is 21.4. The minimum atomic E-state index is -3.32. The number of fused-ring (bicyclic) bond motifs is 12. The van der Waals surface area contributed by atoms with Crippen LogP contribution in [-0.4, -0.2) is 92.5 Å². The van der Waals surface area contributed by atoms with E-state index in [-0.39, 0.29) is 16.4 Å². The van der Waals surface area contributed by atoms with Gasteiger partial charge >= 0.3 is 0 Å². The second-order valence-corrected chi connectivity index (χ2v) is 35.7. The molecule has 84 heavy (non-hydrogen) atoms. The highest BCUT2D eigenvalue weighted by Gasteiger charge is 2.45. The maximum absolute atomic E-state index is 12.2. The summed E-state index contributed by atoms with van der Waals surface area (Å²) in [6.45, 7) is 9.30. The van der Waals surface area contributed by atoms with Crippen LogP contribution in [0.2, 0.25) is 0 Å². The summed E-state index contributed by atoms with van der Waals surface area (Å²) in [5.41, 5.74) is 5.48. The second kappa shape index (κ2) is 25.9. The van der Waals surface area contributed by atoms with Crippen LogP contribution < -0.4 is 0 Å². The first-order valence-electron chi connectivity index (χ1n) is 31.5. The molecule has 0 N–H and O–H groups in total. The highest BCUT2D eigenvalue weighted by molar-refractivity contribution is 7.91. The molecule has 0 radical (unpaired) electrons. The Hall–Kier alpha value is -4.18. The number of hydrogen-bond acceptors (Lipinski definition) is 8. The molecule has 12 bridgehead atoms. The maximum atomic E-state index is 12.2. The van der Waals surface area contributed by atoms with Gasteiger partial charge in [-0.15, -0.1) is 0 Å². The van der Waals surface area contributed by atoms with Crippen molar-refractivity contribution >= 4 is 39.7 Å². The third-order valence-corrected chi connectivity index (χ3v) is 28.6. The number of benzene rings is 3. The van der Waals surface area contributed by atoms with E-state index in [1.807, 2.05) is 38.1 Å². The summed E-state index contributed by atoms with van der Waals surface area (Å²) in [6.07, 6.45) is 44.5. The van der Waals surface area contributed by atoms with Crippen LogP contribution in [0.5, 0.6) is 0 Å². The van der Waals surface area contributed by atoms with Gasteiger partial charge in [-0.05, 0) is 220 Å². The lowest BCUT2D eigenvalue weighted by molar-refractivity contribution is 0.462. The molecule has 0 amide bonds. The van der Waals surface area contributed by atoms with Gasteiger partial charge in [-0.1, -0.05) is 148 Å². The Morgan fingerprint density at radius 2 is 0.714 bits per heavy atom. The van der Waals surface area contributed by atoms with Crippen molar-refractivity contribution in [1.82, 2.24) is 8.61 Å². The average Bonchev–Trinajstić information content (AvgIpc) is 3.52. The Morgan fingerprint density at radius 1 is 0.381 bits per heavy atom. The van der Waals surface area contributed by atoms with E-state index in [0.717, 1.165) is 73.0 Å². The predicted octanol–water partition coefficient (Wildman–Crippen LogP) is 13.9. The Bertz CT molecular complexity index is 3440. The normalized spacial score (nSPS) is 35.0. The summed E-state index contributed by atoms with van der Waals surface area (Å²) in [6, 6.07) is 24.1. The highest BCUT2D eigenvalue weighted by Crippen LogP contribution is 2.51. The fourth-order valence-electron chi connectivity index (χ4n) is 16.3. The Labute approximate surface area is 506 Å². The van der Waals surface area contributed by atoms with Gasteiger partial charge in [-0.2, -0.15) is 0 Å². The quantitative estimate of drug-likeness (QED) is 0.173. The molecule has 456 valence electrons. The van der Waals surface area contributed by atoms with Crippen molar-refractivity contribution in [2.45, 2.75) is 143 Å². The number of nitrogens with zero attached hydrogens (tertiary/aromatic N) is 2. The molecule has 18 atom stereocenters. The molecule has 0 saturated heterocycles. The molecule has 0 heterocycles. The number of hydrogen-bond donors (Lipinski definition) is 0. The Morgan fingerprint density at radius 3 is 0.976 bits per heavy atom. The molecule has 18 unspecified atom stereocenters. The average molecular weight is 1220 g/mol. The van der Waals surface area contributed by atoms with Crippen LogP contribution >= 0.6 is 0 Å². The van der Waals surface area contributed by atoms with Crippen LogP contribution in [0.1, 0.15) is 138 Å². The van der Waals surface area contributed by atoms with Crippen LogP contribution in [0.25, 0.3) is 0 Å². The van der Waals surface area contributed by atoms with Crippen molar-refractivity contribution in [2.24, 2.45) is 76.9 Å². The second-order valence-electron chi connectivity index (χ2n) is 27.1. The fourth-order valence-corrected chi connectivity index (χ4v) is 21.5. The van der Waals surface area contributed by atoms with Crippen LogP contribution in [-0.2, 0) is 39.7 Å². The van der Waals surface area contributed by atoms with Crippen LogP contribution in [0, 0.1) is 83.9 Å². The van der Waals surface area contributed by atoms with Crippen molar-refractivity contribution in [1.29, 1.82) is 0 Å². The first-order chi connectivity index (χ1) is 39.9. The first-order valence-corrected chi connectivity index (χ1v) is 38.3. The summed E-state index contributed by atoms with van der Waals surface area (Å²) < 4.78 is 96.6. The first kappa shape index (κ1) is 62.9. The minimum absolute atomic E-state index is 0.0718. The molecule has 0 spiro atoms. The predicted molar refractivity (Wildman–Crippen MR) is 342 cm³/mol. The molecular weight excluding hydrogens is 1130 g/mol. The van der Waals surface area contributed by atoms with Gasteiger partial charge in [0.05, 0.1) is 20.3 Å². The highest BCUT2D eigenvalue weighted by atomic mass is 32.2.